The van der Waals surface area contributed by atoms with Crippen molar-refractivity contribution in [2.24, 2.45) is 0 Å². The fraction of sp³-hybridized carbons (Fsp3) is 0.538. The van der Waals surface area contributed by atoms with Crippen molar-refractivity contribution in [3.63, 3.8) is 0 Å². The van der Waals surface area contributed by atoms with E-state index in [0.29, 0.717) is 17.6 Å². The van der Waals surface area contributed by atoms with Gasteiger partial charge in [0, 0.05) is 30.9 Å². The van der Waals surface area contributed by atoms with Crippen LogP contribution in [0, 0.1) is 18.3 Å². The second-order valence-corrected chi connectivity index (χ2v) is 4.81. The van der Waals surface area contributed by atoms with Gasteiger partial charge in [0.25, 0.3) is 0 Å². The lowest BCUT2D eigenvalue weighted by atomic mass is 10.1. The SMILES string of the molecule is Cc1ccc(C#N)c(N2CC(C)NC(C)C2)n1. The van der Waals surface area contributed by atoms with Crippen LogP contribution in [0.5, 0.6) is 0 Å². The predicted octanol–water partition coefficient (Wildman–Crippen LogP) is 1.45. The lowest BCUT2D eigenvalue weighted by Crippen LogP contribution is -2.54. The summed E-state index contributed by atoms with van der Waals surface area (Å²) in [6.07, 6.45) is 0. The first kappa shape index (κ1) is 11.9. The molecule has 2 atom stereocenters. The summed E-state index contributed by atoms with van der Waals surface area (Å²) in [5.74, 6) is 0.827. The van der Waals surface area contributed by atoms with E-state index in [9.17, 15) is 0 Å². The van der Waals surface area contributed by atoms with E-state index >= 15 is 0 Å². The quantitative estimate of drug-likeness (QED) is 0.793. The molecular weight excluding hydrogens is 212 g/mol. The van der Waals surface area contributed by atoms with Gasteiger partial charge < -0.3 is 10.2 Å². The molecule has 2 heterocycles. The van der Waals surface area contributed by atoms with E-state index in [1.807, 2.05) is 19.1 Å². The van der Waals surface area contributed by atoms with Crippen LogP contribution in [-0.4, -0.2) is 30.2 Å². The number of hydrogen-bond donors (Lipinski definition) is 1. The van der Waals surface area contributed by atoms with Crippen molar-refractivity contribution in [3.05, 3.63) is 23.4 Å². The van der Waals surface area contributed by atoms with Gasteiger partial charge in [0.15, 0.2) is 0 Å². The molecule has 1 N–H and O–H groups in total. The third kappa shape index (κ3) is 2.56. The van der Waals surface area contributed by atoms with Crippen molar-refractivity contribution in [1.82, 2.24) is 10.3 Å². The zero-order valence-corrected chi connectivity index (χ0v) is 10.6. The van der Waals surface area contributed by atoms with Gasteiger partial charge in [-0.25, -0.2) is 4.98 Å². The smallest absolute Gasteiger partial charge is 0.146 e. The molecule has 17 heavy (non-hydrogen) atoms. The second kappa shape index (κ2) is 4.72. The minimum Gasteiger partial charge on any atom is -0.352 e. The summed E-state index contributed by atoms with van der Waals surface area (Å²) in [7, 11) is 0. The average molecular weight is 230 g/mol. The summed E-state index contributed by atoms with van der Waals surface area (Å²) in [5.41, 5.74) is 1.62. The third-order valence-corrected chi connectivity index (χ3v) is 2.99. The van der Waals surface area contributed by atoms with Crippen LogP contribution < -0.4 is 10.2 Å². The van der Waals surface area contributed by atoms with Crippen LogP contribution in [0.1, 0.15) is 25.1 Å². The molecule has 0 aromatic carbocycles. The number of piperazine rings is 1. The van der Waals surface area contributed by atoms with E-state index in [2.05, 4.69) is 35.1 Å². The minimum atomic E-state index is 0.424. The number of rotatable bonds is 1. The number of nitrogens with one attached hydrogen (secondary N) is 1. The van der Waals surface area contributed by atoms with Crippen molar-refractivity contribution in [2.45, 2.75) is 32.9 Å². The molecule has 4 nitrogen and oxygen atoms in total. The largest absolute Gasteiger partial charge is 0.352 e. The number of aromatic nitrogens is 1. The van der Waals surface area contributed by atoms with E-state index in [1.165, 1.54) is 0 Å². The molecule has 4 heteroatoms. The molecule has 0 amide bonds. The van der Waals surface area contributed by atoms with Crippen molar-refractivity contribution in [3.8, 4) is 6.07 Å². The number of anilines is 1. The Morgan fingerprint density at radius 2 is 2.00 bits per heavy atom. The first-order valence-corrected chi connectivity index (χ1v) is 5.99. The molecule has 1 saturated heterocycles. The lowest BCUT2D eigenvalue weighted by Gasteiger charge is -2.37. The first-order valence-electron chi connectivity index (χ1n) is 5.99. The number of hydrogen-bond acceptors (Lipinski definition) is 4. The van der Waals surface area contributed by atoms with Crippen molar-refractivity contribution in [2.75, 3.05) is 18.0 Å². The Labute approximate surface area is 102 Å². The molecule has 1 fully saturated rings. The van der Waals surface area contributed by atoms with E-state index in [4.69, 9.17) is 5.26 Å². The zero-order valence-electron chi connectivity index (χ0n) is 10.6. The summed E-state index contributed by atoms with van der Waals surface area (Å²) >= 11 is 0. The molecule has 0 saturated carbocycles. The molecule has 90 valence electrons. The van der Waals surface area contributed by atoms with Gasteiger partial charge in [-0.15, -0.1) is 0 Å². The van der Waals surface area contributed by atoms with Crippen LogP contribution in [-0.2, 0) is 0 Å². The molecule has 0 aliphatic carbocycles. The minimum absolute atomic E-state index is 0.424. The molecular formula is C13H18N4. The van der Waals surface area contributed by atoms with Gasteiger partial charge in [-0.3, -0.25) is 0 Å². The standard InChI is InChI=1S/C13H18N4/c1-9-4-5-12(6-14)13(16-9)17-7-10(2)15-11(3)8-17/h4-5,10-11,15H,7-8H2,1-3H3. The van der Waals surface area contributed by atoms with E-state index in [1.54, 1.807) is 0 Å². The molecule has 0 radical (unpaired) electrons. The number of nitrogens with zero attached hydrogens (tertiary/aromatic N) is 3. The van der Waals surface area contributed by atoms with Gasteiger partial charge in [-0.2, -0.15) is 5.26 Å². The van der Waals surface area contributed by atoms with E-state index in [-0.39, 0.29) is 0 Å². The molecule has 2 unspecified atom stereocenters. The van der Waals surface area contributed by atoms with E-state index in [0.717, 1.165) is 24.6 Å². The summed E-state index contributed by atoms with van der Waals surface area (Å²) < 4.78 is 0. The van der Waals surface area contributed by atoms with Gasteiger partial charge >= 0.3 is 0 Å². The Morgan fingerprint density at radius 1 is 1.35 bits per heavy atom. The molecule has 0 bridgehead atoms. The summed E-state index contributed by atoms with van der Waals surface area (Å²) in [6, 6.07) is 6.81. The molecule has 0 spiro atoms. The maximum Gasteiger partial charge on any atom is 0.146 e. The first-order chi connectivity index (χ1) is 8.10. The summed E-state index contributed by atoms with van der Waals surface area (Å²) in [6.45, 7) is 8.07. The monoisotopic (exact) mass is 230 g/mol. The number of pyridine rings is 1. The van der Waals surface area contributed by atoms with Crippen LogP contribution in [0.3, 0.4) is 0 Å². The van der Waals surface area contributed by atoms with Crippen molar-refractivity contribution < 1.29 is 0 Å². The highest BCUT2D eigenvalue weighted by molar-refractivity contribution is 5.54. The molecule has 1 aromatic heterocycles. The van der Waals surface area contributed by atoms with Gasteiger partial charge in [0.1, 0.15) is 11.9 Å². The fourth-order valence-electron chi connectivity index (χ4n) is 2.37. The van der Waals surface area contributed by atoms with Gasteiger partial charge in [0.2, 0.25) is 0 Å². The van der Waals surface area contributed by atoms with Crippen molar-refractivity contribution >= 4 is 5.82 Å². The highest BCUT2D eigenvalue weighted by Crippen LogP contribution is 2.20. The van der Waals surface area contributed by atoms with E-state index < -0.39 is 0 Å². The molecule has 1 aliphatic rings. The Hall–Kier alpha value is -1.60. The van der Waals surface area contributed by atoms with Crippen LogP contribution in [0.25, 0.3) is 0 Å². The van der Waals surface area contributed by atoms with Crippen molar-refractivity contribution in [1.29, 1.82) is 5.26 Å². The zero-order chi connectivity index (χ0) is 12.4. The molecule has 1 aliphatic heterocycles. The van der Waals surface area contributed by atoms with Gasteiger partial charge in [-0.05, 0) is 32.9 Å². The van der Waals surface area contributed by atoms with Crippen LogP contribution in [0.2, 0.25) is 0 Å². The van der Waals surface area contributed by atoms with Gasteiger partial charge in [-0.1, -0.05) is 0 Å². The average Bonchev–Trinajstić information content (AvgIpc) is 2.27. The van der Waals surface area contributed by atoms with Crippen LogP contribution in [0.4, 0.5) is 5.82 Å². The topological polar surface area (TPSA) is 52.0 Å². The Kier molecular flexibility index (Phi) is 3.30. The highest BCUT2D eigenvalue weighted by Gasteiger charge is 2.23. The second-order valence-electron chi connectivity index (χ2n) is 4.81. The third-order valence-electron chi connectivity index (χ3n) is 2.99. The Bertz CT molecular complexity index is 439. The van der Waals surface area contributed by atoms with Crippen LogP contribution >= 0.6 is 0 Å². The molecule has 1 aromatic rings. The number of aryl methyl sites for hydroxylation is 1. The Balaban J connectivity index is 2.33. The highest BCUT2D eigenvalue weighted by atomic mass is 15.3. The fourth-order valence-corrected chi connectivity index (χ4v) is 2.37. The van der Waals surface area contributed by atoms with Crippen LogP contribution in [0.15, 0.2) is 12.1 Å². The van der Waals surface area contributed by atoms with Gasteiger partial charge in [0.05, 0.1) is 5.56 Å². The normalized spacial score (nSPS) is 24.5. The predicted molar refractivity (Wildman–Crippen MR) is 68.0 cm³/mol. The Morgan fingerprint density at radius 3 is 2.59 bits per heavy atom. The maximum absolute atomic E-state index is 9.14. The summed E-state index contributed by atoms with van der Waals surface area (Å²) in [5, 5.41) is 12.6. The lowest BCUT2D eigenvalue weighted by molar-refractivity contribution is 0.405. The summed E-state index contributed by atoms with van der Waals surface area (Å²) in [4.78, 5) is 6.72. The molecule has 2 rings (SSSR count). The maximum atomic E-state index is 9.14. The number of nitriles is 1.